The van der Waals surface area contributed by atoms with Gasteiger partial charge in [0.15, 0.2) is 0 Å². The third-order valence-corrected chi connectivity index (χ3v) is 14.9. The van der Waals surface area contributed by atoms with Gasteiger partial charge in [0.1, 0.15) is 0 Å². The van der Waals surface area contributed by atoms with Crippen LogP contribution in [0.5, 0.6) is 0 Å². The fourth-order valence-corrected chi connectivity index (χ4v) is 11.8. The maximum atomic E-state index is 3.93. The van der Waals surface area contributed by atoms with Crippen molar-refractivity contribution in [2.45, 2.75) is 101 Å². The van der Waals surface area contributed by atoms with Crippen molar-refractivity contribution >= 4 is 11.4 Å². The summed E-state index contributed by atoms with van der Waals surface area (Å²) < 4.78 is 0. The molecule has 0 amide bonds. The molecule has 5 aliphatic carbocycles. The second-order valence-corrected chi connectivity index (χ2v) is 18.2. The second-order valence-electron chi connectivity index (χ2n) is 18.2. The molecule has 6 aromatic rings. The Morgan fingerprint density at radius 2 is 0.774 bits per heavy atom. The van der Waals surface area contributed by atoms with Gasteiger partial charge in [-0.1, -0.05) is 150 Å². The summed E-state index contributed by atoms with van der Waals surface area (Å²) in [5, 5.41) is 3.93. The molecule has 1 N–H and O–H groups in total. The Kier molecular flexibility index (Phi) is 6.47. The first-order valence-electron chi connectivity index (χ1n) is 20.3. The molecule has 262 valence electrons. The van der Waals surface area contributed by atoms with E-state index in [1.54, 1.807) is 0 Å². The third-order valence-electron chi connectivity index (χ3n) is 14.9. The maximum absolute atomic E-state index is 3.93. The third kappa shape index (κ3) is 4.20. The number of hydrogen-bond acceptors (Lipinski definition) is 1. The molecule has 0 aliphatic heterocycles. The molecule has 0 unspecified atom stereocenters. The Morgan fingerprint density at radius 1 is 0.377 bits per heavy atom. The van der Waals surface area contributed by atoms with Gasteiger partial charge >= 0.3 is 0 Å². The predicted octanol–water partition coefficient (Wildman–Crippen LogP) is 13.7. The molecule has 6 aromatic carbocycles. The van der Waals surface area contributed by atoms with Gasteiger partial charge in [0.2, 0.25) is 0 Å². The number of anilines is 2. The molecule has 1 spiro atoms. The Morgan fingerprint density at radius 3 is 1.32 bits per heavy atom. The van der Waals surface area contributed by atoms with E-state index in [-0.39, 0.29) is 21.7 Å². The number of benzene rings is 6. The zero-order valence-corrected chi connectivity index (χ0v) is 31.7. The van der Waals surface area contributed by atoms with Crippen LogP contribution in [0, 0.1) is 0 Å². The van der Waals surface area contributed by atoms with E-state index >= 15 is 0 Å². The van der Waals surface area contributed by atoms with E-state index in [4.69, 9.17) is 0 Å². The lowest BCUT2D eigenvalue weighted by atomic mass is 9.68. The maximum Gasteiger partial charge on any atom is 0.0726 e. The topological polar surface area (TPSA) is 12.0 Å². The molecule has 0 atom stereocenters. The minimum Gasteiger partial charge on any atom is -0.356 e. The van der Waals surface area contributed by atoms with Crippen LogP contribution >= 0.6 is 0 Å². The lowest BCUT2D eigenvalue weighted by Gasteiger charge is -2.34. The minimum atomic E-state index is -0.369. The number of nitrogens with one attached hydrogen (secondary N) is 1. The van der Waals surface area contributed by atoms with Crippen molar-refractivity contribution < 1.29 is 0 Å². The van der Waals surface area contributed by atoms with Crippen molar-refractivity contribution in [2.24, 2.45) is 0 Å². The summed E-state index contributed by atoms with van der Waals surface area (Å²) >= 11 is 0. The Labute approximate surface area is 315 Å². The first-order chi connectivity index (χ1) is 25.7. The summed E-state index contributed by atoms with van der Waals surface area (Å²) in [4.78, 5) is 0. The fraction of sp³-hybridized carbons (Fsp3) is 0.308. The minimum absolute atomic E-state index is 0.0359. The summed E-state index contributed by atoms with van der Waals surface area (Å²) in [5.74, 6) is 0. The van der Waals surface area contributed by atoms with Crippen LogP contribution in [0.4, 0.5) is 11.4 Å². The average molecular weight is 688 g/mol. The molecule has 0 saturated heterocycles. The van der Waals surface area contributed by atoms with Gasteiger partial charge in [-0.3, -0.25) is 0 Å². The Hall–Kier alpha value is -4.88. The molecular formula is C52H49N. The monoisotopic (exact) mass is 687 g/mol. The second kappa shape index (κ2) is 10.8. The first-order valence-corrected chi connectivity index (χ1v) is 20.3. The zero-order valence-electron chi connectivity index (χ0n) is 31.7. The quantitative estimate of drug-likeness (QED) is 0.194. The van der Waals surface area contributed by atoms with Crippen molar-refractivity contribution in [2.75, 3.05) is 5.32 Å². The van der Waals surface area contributed by atoms with E-state index in [0.717, 1.165) is 11.4 Å². The molecule has 5 aliphatic rings. The van der Waals surface area contributed by atoms with E-state index in [1.807, 2.05) is 0 Å². The van der Waals surface area contributed by atoms with E-state index in [0.29, 0.717) is 0 Å². The molecular weight excluding hydrogens is 639 g/mol. The highest BCUT2D eigenvalue weighted by atomic mass is 14.9. The van der Waals surface area contributed by atoms with E-state index in [1.165, 1.54) is 129 Å². The molecule has 2 fully saturated rings. The molecule has 0 heterocycles. The van der Waals surface area contributed by atoms with Crippen molar-refractivity contribution in [3.05, 3.63) is 166 Å². The van der Waals surface area contributed by atoms with Gasteiger partial charge in [0.05, 0.1) is 5.41 Å². The lowest BCUT2D eigenvalue weighted by molar-refractivity contribution is 0.489. The smallest absolute Gasteiger partial charge is 0.0726 e. The van der Waals surface area contributed by atoms with Crippen LogP contribution in [-0.4, -0.2) is 0 Å². The summed E-state index contributed by atoms with van der Waals surface area (Å²) in [6.07, 6.45) is 10.4. The first kappa shape index (κ1) is 31.6. The molecule has 1 nitrogen and oxygen atoms in total. The molecule has 0 aromatic heterocycles. The van der Waals surface area contributed by atoms with Crippen LogP contribution in [0.3, 0.4) is 0 Å². The molecule has 0 bridgehead atoms. The van der Waals surface area contributed by atoms with E-state index in [9.17, 15) is 0 Å². The van der Waals surface area contributed by atoms with Crippen LogP contribution < -0.4 is 5.32 Å². The van der Waals surface area contributed by atoms with Gasteiger partial charge in [-0.15, -0.1) is 0 Å². The van der Waals surface area contributed by atoms with Gasteiger partial charge in [0, 0.05) is 16.8 Å². The van der Waals surface area contributed by atoms with Gasteiger partial charge in [0.25, 0.3) is 0 Å². The highest BCUT2D eigenvalue weighted by Gasteiger charge is 2.53. The molecule has 0 radical (unpaired) electrons. The average Bonchev–Trinajstić information content (AvgIpc) is 3.99. The fourth-order valence-electron chi connectivity index (χ4n) is 11.8. The summed E-state index contributed by atoms with van der Waals surface area (Å²) in [6.45, 7) is 9.77. The highest BCUT2D eigenvalue weighted by Crippen LogP contribution is 2.64. The number of fused-ring (bicyclic) bond motifs is 13. The standard InChI is InChI=1S/C52H49N/c1-49(2)43-15-7-5-13-37(43)39-23-19-35(31-45(39)49)53-36-20-24-42-38-14-6-8-16-44(38)52(48(42)32-36)46-29-33(50(3)25-9-10-26-50)17-21-40(46)41-22-18-34(30-47(41)52)51(4)27-11-12-28-51/h5-8,13-24,29-32,53H,9-12,25-28H2,1-4H3. The highest BCUT2D eigenvalue weighted by molar-refractivity contribution is 5.96. The van der Waals surface area contributed by atoms with Crippen LogP contribution in [-0.2, 0) is 21.7 Å². The zero-order chi connectivity index (χ0) is 35.7. The Bertz CT molecular complexity index is 2430. The largest absolute Gasteiger partial charge is 0.356 e. The van der Waals surface area contributed by atoms with Crippen molar-refractivity contribution in [3.8, 4) is 33.4 Å². The normalized spacial score (nSPS) is 19.7. The van der Waals surface area contributed by atoms with Crippen LogP contribution in [0.1, 0.15) is 124 Å². The molecule has 53 heavy (non-hydrogen) atoms. The van der Waals surface area contributed by atoms with Crippen LogP contribution in [0.15, 0.2) is 121 Å². The molecule has 1 heteroatoms. The number of hydrogen-bond donors (Lipinski definition) is 1. The van der Waals surface area contributed by atoms with Gasteiger partial charge in [-0.05, 0) is 139 Å². The number of rotatable bonds is 4. The molecule has 2 saturated carbocycles. The molecule has 11 rings (SSSR count). The van der Waals surface area contributed by atoms with Crippen molar-refractivity contribution in [3.63, 3.8) is 0 Å². The summed E-state index contributed by atoms with van der Waals surface area (Å²) in [5.41, 5.74) is 22.3. The van der Waals surface area contributed by atoms with Crippen LogP contribution in [0.2, 0.25) is 0 Å². The van der Waals surface area contributed by atoms with Crippen LogP contribution in [0.25, 0.3) is 33.4 Å². The van der Waals surface area contributed by atoms with Gasteiger partial charge in [-0.25, -0.2) is 0 Å². The lowest BCUT2D eigenvalue weighted by Crippen LogP contribution is -2.28. The van der Waals surface area contributed by atoms with Crippen molar-refractivity contribution in [1.29, 1.82) is 0 Å². The van der Waals surface area contributed by atoms with E-state index in [2.05, 4.69) is 154 Å². The SMILES string of the molecule is CC1(c2ccc3c(c2)C2(c4ccccc4-c4ccc(Nc5ccc6c(c5)C(C)(C)c5ccccc5-6)cc42)c2cc(C4(C)CCCC4)ccc2-3)CCCC1. The van der Waals surface area contributed by atoms with Gasteiger partial charge in [-0.2, -0.15) is 0 Å². The van der Waals surface area contributed by atoms with Gasteiger partial charge < -0.3 is 5.32 Å². The predicted molar refractivity (Wildman–Crippen MR) is 222 cm³/mol. The Balaban J connectivity index is 1.12. The summed E-state index contributed by atoms with van der Waals surface area (Å²) in [7, 11) is 0. The van der Waals surface area contributed by atoms with E-state index < -0.39 is 0 Å². The van der Waals surface area contributed by atoms with Crippen molar-refractivity contribution in [1.82, 2.24) is 0 Å². The summed E-state index contributed by atoms with van der Waals surface area (Å²) in [6, 6.07) is 47.7.